The summed E-state index contributed by atoms with van der Waals surface area (Å²) < 4.78 is 2.86. The lowest BCUT2D eigenvalue weighted by atomic mass is 10.3. The standard InChI is InChI=1S/C9H15BrN4.ClH/c1-13-8(6-9(10)12-13)7-14-4-2-11-3-5-14;/h6,11H,2-5,7H2,1H3;1H. The molecule has 2 heterocycles. The van der Waals surface area contributed by atoms with Crippen molar-refractivity contribution in [3.63, 3.8) is 0 Å². The van der Waals surface area contributed by atoms with Gasteiger partial charge in [-0.05, 0) is 22.0 Å². The third kappa shape index (κ3) is 3.45. The van der Waals surface area contributed by atoms with Gasteiger partial charge in [0.1, 0.15) is 4.60 Å². The van der Waals surface area contributed by atoms with Crippen molar-refractivity contribution in [2.75, 3.05) is 26.2 Å². The van der Waals surface area contributed by atoms with Gasteiger partial charge in [-0.2, -0.15) is 5.10 Å². The van der Waals surface area contributed by atoms with E-state index in [4.69, 9.17) is 0 Å². The molecule has 1 saturated heterocycles. The molecule has 1 aliphatic heterocycles. The van der Waals surface area contributed by atoms with Crippen molar-refractivity contribution >= 4 is 28.3 Å². The lowest BCUT2D eigenvalue weighted by molar-refractivity contribution is 0.228. The fourth-order valence-corrected chi connectivity index (χ4v) is 2.22. The van der Waals surface area contributed by atoms with Gasteiger partial charge in [-0.15, -0.1) is 12.4 Å². The Bertz CT molecular complexity index is 309. The van der Waals surface area contributed by atoms with Crippen LogP contribution in [0.2, 0.25) is 0 Å². The summed E-state index contributed by atoms with van der Waals surface area (Å²) in [5.74, 6) is 0. The zero-order valence-electron chi connectivity index (χ0n) is 8.74. The topological polar surface area (TPSA) is 33.1 Å². The van der Waals surface area contributed by atoms with Gasteiger partial charge in [0.2, 0.25) is 0 Å². The number of hydrogen-bond acceptors (Lipinski definition) is 3. The first-order chi connectivity index (χ1) is 6.75. The van der Waals surface area contributed by atoms with Crippen molar-refractivity contribution in [1.29, 1.82) is 0 Å². The summed E-state index contributed by atoms with van der Waals surface area (Å²) in [5, 5.41) is 7.61. The van der Waals surface area contributed by atoms with Crippen LogP contribution in [0.15, 0.2) is 10.7 Å². The second kappa shape index (κ2) is 5.84. The van der Waals surface area contributed by atoms with Gasteiger partial charge in [0.15, 0.2) is 0 Å². The van der Waals surface area contributed by atoms with E-state index >= 15 is 0 Å². The van der Waals surface area contributed by atoms with E-state index in [2.05, 4.69) is 37.3 Å². The monoisotopic (exact) mass is 294 g/mol. The van der Waals surface area contributed by atoms with Crippen LogP contribution in [0.25, 0.3) is 0 Å². The molecular formula is C9H16BrClN4. The molecule has 6 heteroatoms. The van der Waals surface area contributed by atoms with Crippen LogP contribution in [0, 0.1) is 0 Å². The molecule has 0 aliphatic carbocycles. The van der Waals surface area contributed by atoms with Crippen LogP contribution in [0.3, 0.4) is 0 Å². The summed E-state index contributed by atoms with van der Waals surface area (Å²) in [6.45, 7) is 5.44. The lowest BCUT2D eigenvalue weighted by Gasteiger charge is -2.26. The molecular weight excluding hydrogens is 279 g/mol. The summed E-state index contributed by atoms with van der Waals surface area (Å²) in [6.07, 6.45) is 0. The molecule has 15 heavy (non-hydrogen) atoms. The summed E-state index contributed by atoms with van der Waals surface area (Å²) >= 11 is 3.38. The third-order valence-corrected chi connectivity index (χ3v) is 2.93. The van der Waals surface area contributed by atoms with E-state index in [1.807, 2.05) is 11.7 Å². The zero-order valence-corrected chi connectivity index (χ0v) is 11.1. The van der Waals surface area contributed by atoms with E-state index in [1.54, 1.807) is 0 Å². The first-order valence-corrected chi connectivity index (χ1v) is 5.66. The zero-order chi connectivity index (χ0) is 9.97. The van der Waals surface area contributed by atoms with Crippen LogP contribution >= 0.6 is 28.3 Å². The molecule has 0 bridgehead atoms. The quantitative estimate of drug-likeness (QED) is 0.884. The smallest absolute Gasteiger partial charge is 0.128 e. The van der Waals surface area contributed by atoms with Crippen molar-refractivity contribution in [2.24, 2.45) is 7.05 Å². The summed E-state index contributed by atoms with van der Waals surface area (Å²) in [5.41, 5.74) is 1.26. The molecule has 0 spiro atoms. The van der Waals surface area contributed by atoms with Crippen molar-refractivity contribution in [3.8, 4) is 0 Å². The maximum Gasteiger partial charge on any atom is 0.128 e. The molecule has 0 unspecified atom stereocenters. The molecule has 1 aromatic rings. The van der Waals surface area contributed by atoms with E-state index < -0.39 is 0 Å². The van der Waals surface area contributed by atoms with Gasteiger partial charge in [-0.25, -0.2) is 0 Å². The van der Waals surface area contributed by atoms with Gasteiger partial charge in [0.25, 0.3) is 0 Å². The average Bonchev–Trinajstić information content (AvgIpc) is 2.47. The van der Waals surface area contributed by atoms with Gasteiger partial charge in [-0.3, -0.25) is 9.58 Å². The number of piperazine rings is 1. The lowest BCUT2D eigenvalue weighted by Crippen LogP contribution is -2.43. The number of aryl methyl sites for hydroxylation is 1. The van der Waals surface area contributed by atoms with Crippen LogP contribution in [0.1, 0.15) is 5.69 Å². The molecule has 0 radical (unpaired) electrons. The van der Waals surface area contributed by atoms with E-state index in [9.17, 15) is 0 Å². The van der Waals surface area contributed by atoms with Gasteiger partial charge in [-0.1, -0.05) is 0 Å². The fraction of sp³-hybridized carbons (Fsp3) is 0.667. The summed E-state index contributed by atoms with van der Waals surface area (Å²) in [6, 6.07) is 2.09. The average molecular weight is 296 g/mol. The molecule has 1 aliphatic rings. The van der Waals surface area contributed by atoms with Crippen LogP contribution < -0.4 is 5.32 Å². The predicted octanol–water partition coefficient (Wildman–Crippen LogP) is 1.01. The molecule has 0 atom stereocenters. The van der Waals surface area contributed by atoms with Crippen LogP contribution in [0.5, 0.6) is 0 Å². The summed E-state index contributed by atoms with van der Waals surface area (Å²) in [7, 11) is 1.99. The predicted molar refractivity (Wildman–Crippen MR) is 66.3 cm³/mol. The molecule has 4 nitrogen and oxygen atoms in total. The van der Waals surface area contributed by atoms with Crippen molar-refractivity contribution in [2.45, 2.75) is 6.54 Å². The molecule has 0 saturated carbocycles. The van der Waals surface area contributed by atoms with Gasteiger partial charge in [0, 0.05) is 39.8 Å². The van der Waals surface area contributed by atoms with Gasteiger partial charge >= 0.3 is 0 Å². The SMILES string of the molecule is Cl.Cn1nc(Br)cc1CN1CCNCC1. The minimum Gasteiger partial charge on any atom is -0.314 e. The first kappa shape index (κ1) is 13.0. The molecule has 2 rings (SSSR count). The van der Waals surface area contributed by atoms with Gasteiger partial charge in [0.05, 0.1) is 5.69 Å². The Labute approximate surface area is 105 Å². The largest absolute Gasteiger partial charge is 0.314 e. The van der Waals surface area contributed by atoms with Gasteiger partial charge < -0.3 is 5.32 Å². The first-order valence-electron chi connectivity index (χ1n) is 4.87. The number of aromatic nitrogens is 2. The molecule has 86 valence electrons. The minimum atomic E-state index is 0. The maximum absolute atomic E-state index is 4.27. The minimum absolute atomic E-state index is 0. The molecule has 1 aromatic heterocycles. The Morgan fingerprint density at radius 2 is 2.13 bits per heavy atom. The summed E-state index contributed by atoms with van der Waals surface area (Å²) in [4.78, 5) is 2.44. The second-order valence-corrected chi connectivity index (χ2v) is 4.42. The Morgan fingerprint density at radius 3 is 2.67 bits per heavy atom. The fourth-order valence-electron chi connectivity index (χ4n) is 1.71. The van der Waals surface area contributed by atoms with Crippen molar-refractivity contribution in [3.05, 3.63) is 16.4 Å². The van der Waals surface area contributed by atoms with E-state index in [0.29, 0.717) is 0 Å². The van der Waals surface area contributed by atoms with Crippen molar-refractivity contribution in [1.82, 2.24) is 20.0 Å². The van der Waals surface area contributed by atoms with E-state index in [-0.39, 0.29) is 12.4 Å². The molecule has 0 amide bonds. The van der Waals surface area contributed by atoms with E-state index in [1.165, 1.54) is 5.69 Å². The van der Waals surface area contributed by atoms with E-state index in [0.717, 1.165) is 37.3 Å². The highest BCUT2D eigenvalue weighted by Gasteiger charge is 2.12. The normalized spacial score (nSPS) is 17.5. The molecule has 0 aromatic carbocycles. The number of nitrogens with one attached hydrogen (secondary N) is 1. The number of nitrogens with zero attached hydrogens (tertiary/aromatic N) is 3. The number of rotatable bonds is 2. The molecule has 1 N–H and O–H groups in total. The Balaban J connectivity index is 0.00000112. The number of halogens is 2. The van der Waals surface area contributed by atoms with Crippen LogP contribution in [0.4, 0.5) is 0 Å². The maximum atomic E-state index is 4.27. The van der Waals surface area contributed by atoms with Crippen LogP contribution in [-0.2, 0) is 13.6 Å². The molecule has 1 fully saturated rings. The van der Waals surface area contributed by atoms with Crippen molar-refractivity contribution < 1.29 is 0 Å². The Kier molecular flexibility index (Phi) is 5.05. The Hall–Kier alpha value is -0.100. The highest BCUT2D eigenvalue weighted by atomic mass is 79.9. The third-order valence-electron chi connectivity index (χ3n) is 2.54. The highest BCUT2D eigenvalue weighted by molar-refractivity contribution is 9.10. The highest BCUT2D eigenvalue weighted by Crippen LogP contribution is 2.11. The number of hydrogen-bond donors (Lipinski definition) is 1. The Morgan fingerprint density at radius 1 is 1.47 bits per heavy atom. The second-order valence-electron chi connectivity index (χ2n) is 3.61. The van der Waals surface area contributed by atoms with Crippen LogP contribution in [-0.4, -0.2) is 40.9 Å².